The number of hydrogen-bond acceptors (Lipinski definition) is 2. The molecule has 0 aliphatic heterocycles. The maximum atomic E-state index is 12.1. The summed E-state index contributed by atoms with van der Waals surface area (Å²) in [6.07, 6.45) is 3.18. The normalized spacial score (nSPS) is 10.3. The Morgan fingerprint density at radius 2 is 2.05 bits per heavy atom. The van der Waals surface area contributed by atoms with Crippen LogP contribution < -0.4 is 0 Å². The zero-order valence-corrected chi connectivity index (χ0v) is 11.8. The Balaban J connectivity index is 2.10. The lowest BCUT2D eigenvalue weighted by Gasteiger charge is -2.17. The molecule has 0 aliphatic carbocycles. The Kier molecular flexibility index (Phi) is 4.40. The fourth-order valence-electron chi connectivity index (χ4n) is 1.69. The minimum absolute atomic E-state index is 0.0841. The van der Waals surface area contributed by atoms with E-state index in [4.69, 9.17) is 23.2 Å². The molecule has 5 heteroatoms. The minimum atomic E-state index is -0.0841. The number of carbonyl (C=O) groups excluding carboxylic acids is 1. The maximum Gasteiger partial charge on any atom is 0.255 e. The lowest BCUT2D eigenvalue weighted by molar-refractivity contribution is 0.0784. The van der Waals surface area contributed by atoms with E-state index in [0.717, 1.165) is 5.56 Å². The van der Waals surface area contributed by atoms with E-state index in [1.165, 1.54) is 0 Å². The fourth-order valence-corrected chi connectivity index (χ4v) is 2.01. The van der Waals surface area contributed by atoms with Crippen molar-refractivity contribution in [3.8, 4) is 0 Å². The molecule has 19 heavy (non-hydrogen) atoms. The van der Waals surface area contributed by atoms with E-state index >= 15 is 0 Å². The van der Waals surface area contributed by atoms with Gasteiger partial charge in [0.25, 0.3) is 5.91 Å². The Morgan fingerprint density at radius 3 is 2.68 bits per heavy atom. The van der Waals surface area contributed by atoms with Crippen LogP contribution in [0.15, 0.2) is 42.7 Å². The zero-order valence-electron chi connectivity index (χ0n) is 10.3. The number of benzene rings is 1. The molecule has 0 saturated heterocycles. The van der Waals surface area contributed by atoms with Crippen molar-refractivity contribution in [2.24, 2.45) is 0 Å². The second-order valence-corrected chi connectivity index (χ2v) is 4.97. The van der Waals surface area contributed by atoms with Gasteiger partial charge in [0.1, 0.15) is 0 Å². The first-order valence-electron chi connectivity index (χ1n) is 5.67. The van der Waals surface area contributed by atoms with Gasteiger partial charge in [0.15, 0.2) is 0 Å². The molecule has 0 unspecified atom stereocenters. The van der Waals surface area contributed by atoms with Gasteiger partial charge >= 0.3 is 0 Å². The third-order valence-electron chi connectivity index (χ3n) is 2.66. The molecule has 2 rings (SSSR count). The standard InChI is InChI=1S/C14H12Cl2N2O/c1-18(14(19)11-3-2-6-17-8-11)9-10-4-5-12(15)13(16)7-10/h2-8H,9H2,1H3. The summed E-state index contributed by atoms with van der Waals surface area (Å²) in [6, 6.07) is 8.81. The predicted octanol–water partition coefficient (Wildman–Crippen LogP) is 3.66. The van der Waals surface area contributed by atoms with E-state index in [0.29, 0.717) is 22.2 Å². The van der Waals surface area contributed by atoms with Gasteiger partial charge in [-0.25, -0.2) is 0 Å². The monoisotopic (exact) mass is 294 g/mol. The maximum absolute atomic E-state index is 12.1. The SMILES string of the molecule is CN(Cc1ccc(Cl)c(Cl)c1)C(=O)c1cccnc1. The summed E-state index contributed by atoms with van der Waals surface area (Å²) >= 11 is 11.8. The van der Waals surface area contributed by atoms with Crippen molar-refractivity contribution >= 4 is 29.1 Å². The summed E-state index contributed by atoms with van der Waals surface area (Å²) < 4.78 is 0. The fraction of sp³-hybridized carbons (Fsp3) is 0.143. The van der Waals surface area contributed by atoms with Crippen molar-refractivity contribution in [1.29, 1.82) is 0 Å². The number of amides is 1. The smallest absolute Gasteiger partial charge is 0.255 e. The van der Waals surface area contributed by atoms with Gasteiger partial charge in [-0.15, -0.1) is 0 Å². The Bertz CT molecular complexity index is 587. The topological polar surface area (TPSA) is 33.2 Å². The highest BCUT2D eigenvalue weighted by molar-refractivity contribution is 6.42. The summed E-state index contributed by atoms with van der Waals surface area (Å²) in [5, 5.41) is 0.994. The lowest BCUT2D eigenvalue weighted by Crippen LogP contribution is -2.26. The quantitative estimate of drug-likeness (QED) is 0.865. The molecule has 1 heterocycles. The van der Waals surface area contributed by atoms with Crippen LogP contribution in [0.4, 0.5) is 0 Å². The molecule has 1 aromatic carbocycles. The molecule has 0 atom stereocenters. The van der Waals surface area contributed by atoms with E-state index in [9.17, 15) is 4.79 Å². The minimum Gasteiger partial charge on any atom is -0.337 e. The summed E-state index contributed by atoms with van der Waals surface area (Å²) in [5.74, 6) is -0.0841. The predicted molar refractivity (Wildman–Crippen MR) is 76.5 cm³/mol. The van der Waals surface area contributed by atoms with Gasteiger partial charge in [0.2, 0.25) is 0 Å². The molecular weight excluding hydrogens is 283 g/mol. The molecule has 0 aliphatic rings. The van der Waals surface area contributed by atoms with Gasteiger partial charge in [-0.3, -0.25) is 9.78 Å². The van der Waals surface area contributed by atoms with Crippen molar-refractivity contribution in [2.75, 3.05) is 7.05 Å². The highest BCUT2D eigenvalue weighted by Gasteiger charge is 2.12. The molecule has 2 aromatic rings. The molecule has 0 N–H and O–H groups in total. The molecule has 0 saturated carbocycles. The number of hydrogen-bond donors (Lipinski definition) is 0. The second kappa shape index (κ2) is 6.04. The van der Waals surface area contributed by atoms with Gasteiger partial charge in [0.05, 0.1) is 15.6 Å². The van der Waals surface area contributed by atoms with Crippen LogP contribution >= 0.6 is 23.2 Å². The first-order valence-corrected chi connectivity index (χ1v) is 6.43. The van der Waals surface area contributed by atoms with Crippen LogP contribution in [0.5, 0.6) is 0 Å². The highest BCUT2D eigenvalue weighted by Crippen LogP contribution is 2.23. The van der Waals surface area contributed by atoms with Crippen molar-refractivity contribution in [2.45, 2.75) is 6.54 Å². The molecule has 1 amide bonds. The second-order valence-electron chi connectivity index (χ2n) is 4.15. The van der Waals surface area contributed by atoms with Crippen molar-refractivity contribution in [1.82, 2.24) is 9.88 Å². The number of rotatable bonds is 3. The third-order valence-corrected chi connectivity index (χ3v) is 3.40. The average molecular weight is 295 g/mol. The number of pyridine rings is 1. The van der Waals surface area contributed by atoms with Crippen molar-refractivity contribution in [3.63, 3.8) is 0 Å². The Labute approximate surface area is 121 Å². The number of nitrogens with zero attached hydrogens (tertiary/aromatic N) is 2. The molecular formula is C14H12Cl2N2O. The Hall–Kier alpha value is -1.58. The third kappa shape index (κ3) is 3.46. The number of carbonyl (C=O) groups is 1. The summed E-state index contributed by atoms with van der Waals surface area (Å²) in [5.41, 5.74) is 1.49. The van der Waals surface area contributed by atoms with Crippen LogP contribution in [0, 0.1) is 0 Å². The van der Waals surface area contributed by atoms with Crippen molar-refractivity contribution in [3.05, 3.63) is 63.9 Å². The van der Waals surface area contributed by atoms with Crippen LogP contribution in [0.25, 0.3) is 0 Å². The molecule has 1 aromatic heterocycles. The molecule has 3 nitrogen and oxygen atoms in total. The van der Waals surface area contributed by atoms with Crippen LogP contribution in [-0.4, -0.2) is 22.8 Å². The molecule has 0 radical (unpaired) electrons. The van der Waals surface area contributed by atoms with E-state index in [-0.39, 0.29) is 5.91 Å². The highest BCUT2D eigenvalue weighted by atomic mass is 35.5. The van der Waals surface area contributed by atoms with Crippen LogP contribution in [0.3, 0.4) is 0 Å². The molecule has 0 spiro atoms. The number of halogens is 2. The van der Waals surface area contributed by atoms with E-state index in [2.05, 4.69) is 4.98 Å². The van der Waals surface area contributed by atoms with Crippen LogP contribution in [-0.2, 0) is 6.54 Å². The van der Waals surface area contributed by atoms with Gasteiger partial charge in [-0.2, -0.15) is 0 Å². The largest absolute Gasteiger partial charge is 0.337 e. The van der Waals surface area contributed by atoms with Gasteiger partial charge in [0, 0.05) is 26.0 Å². The summed E-state index contributed by atoms with van der Waals surface area (Å²) in [7, 11) is 1.73. The van der Waals surface area contributed by atoms with E-state index in [1.54, 1.807) is 48.6 Å². The van der Waals surface area contributed by atoms with Gasteiger partial charge in [-0.1, -0.05) is 29.3 Å². The molecule has 0 fully saturated rings. The Morgan fingerprint density at radius 1 is 1.26 bits per heavy atom. The van der Waals surface area contributed by atoms with E-state index < -0.39 is 0 Å². The van der Waals surface area contributed by atoms with Gasteiger partial charge in [-0.05, 0) is 29.8 Å². The summed E-state index contributed by atoms with van der Waals surface area (Å²) in [6.45, 7) is 0.463. The van der Waals surface area contributed by atoms with Crippen LogP contribution in [0.2, 0.25) is 10.0 Å². The van der Waals surface area contributed by atoms with Crippen molar-refractivity contribution < 1.29 is 4.79 Å². The molecule has 98 valence electrons. The number of aromatic nitrogens is 1. The first-order chi connectivity index (χ1) is 9.08. The molecule has 0 bridgehead atoms. The zero-order chi connectivity index (χ0) is 13.8. The summed E-state index contributed by atoms with van der Waals surface area (Å²) in [4.78, 5) is 17.7. The van der Waals surface area contributed by atoms with Crippen LogP contribution in [0.1, 0.15) is 15.9 Å². The first kappa shape index (κ1) is 13.8. The average Bonchev–Trinajstić information content (AvgIpc) is 2.43. The van der Waals surface area contributed by atoms with Gasteiger partial charge < -0.3 is 4.90 Å². The van der Waals surface area contributed by atoms with E-state index in [1.807, 2.05) is 6.07 Å². The lowest BCUT2D eigenvalue weighted by atomic mass is 10.2.